The molecule has 0 unspecified atom stereocenters. The summed E-state index contributed by atoms with van der Waals surface area (Å²) in [5.41, 5.74) is 2.35. The minimum absolute atomic E-state index is 0.165. The molecule has 0 aliphatic carbocycles. The van der Waals surface area contributed by atoms with Gasteiger partial charge in [-0.15, -0.1) is 0 Å². The largest absolute Gasteiger partial charge is 0.493 e. The van der Waals surface area contributed by atoms with E-state index in [-0.39, 0.29) is 6.10 Å². The molecule has 1 fully saturated rings. The Hall–Kier alpha value is -2.14. The zero-order valence-electron chi connectivity index (χ0n) is 13.8. The smallest absolute Gasteiger partial charge is 0.132 e. The van der Waals surface area contributed by atoms with Gasteiger partial charge in [0.05, 0.1) is 12.7 Å². The molecule has 2 aliphatic heterocycles. The van der Waals surface area contributed by atoms with Crippen LogP contribution in [0.2, 0.25) is 0 Å². The monoisotopic (exact) mass is 325 g/mol. The fourth-order valence-corrected chi connectivity index (χ4v) is 3.58. The third kappa shape index (κ3) is 3.36. The van der Waals surface area contributed by atoms with Crippen LogP contribution in [0, 0.1) is 5.92 Å². The summed E-state index contributed by atoms with van der Waals surface area (Å²) in [6.45, 7) is 2.46. The predicted molar refractivity (Wildman–Crippen MR) is 92.3 cm³/mol. The number of para-hydroxylation sites is 1. The van der Waals surface area contributed by atoms with Gasteiger partial charge in [-0.1, -0.05) is 18.2 Å². The summed E-state index contributed by atoms with van der Waals surface area (Å²) in [5, 5.41) is 9.65. The molecule has 2 aliphatic rings. The average Bonchev–Trinajstić information content (AvgIpc) is 2.62. The van der Waals surface area contributed by atoms with Crippen LogP contribution >= 0.6 is 0 Å². The molecule has 24 heavy (non-hydrogen) atoms. The van der Waals surface area contributed by atoms with Crippen molar-refractivity contribution >= 4 is 5.82 Å². The lowest BCUT2D eigenvalue weighted by Crippen LogP contribution is -2.36. The van der Waals surface area contributed by atoms with Gasteiger partial charge in [0.2, 0.25) is 0 Å². The van der Waals surface area contributed by atoms with E-state index in [0.29, 0.717) is 5.92 Å². The number of benzene rings is 1. The van der Waals surface area contributed by atoms with Crippen molar-refractivity contribution in [2.75, 3.05) is 24.6 Å². The number of aliphatic hydroxyl groups is 1. The number of fused-ring (bicyclic) bond motifs is 1. The molecule has 0 radical (unpaired) electrons. The molecule has 3 heterocycles. The lowest BCUT2D eigenvalue weighted by molar-refractivity contribution is 0.145. The van der Waals surface area contributed by atoms with Crippen molar-refractivity contribution < 1.29 is 9.84 Å². The maximum atomic E-state index is 9.65. The van der Waals surface area contributed by atoms with E-state index in [4.69, 9.17) is 4.74 Å². The zero-order chi connectivity index (χ0) is 16.4. The molecule has 0 spiro atoms. The van der Waals surface area contributed by atoms with Gasteiger partial charge in [-0.2, -0.15) is 0 Å². The molecule has 2 aromatic rings. The van der Waals surface area contributed by atoms with Crippen LogP contribution in [-0.2, 0) is 12.8 Å². The van der Waals surface area contributed by atoms with Crippen LogP contribution in [-0.4, -0.2) is 40.9 Å². The van der Waals surface area contributed by atoms with Gasteiger partial charge >= 0.3 is 0 Å². The molecule has 0 amide bonds. The third-order valence-electron chi connectivity index (χ3n) is 4.95. The summed E-state index contributed by atoms with van der Waals surface area (Å²) >= 11 is 0. The molecule has 1 saturated heterocycles. The first-order valence-corrected chi connectivity index (χ1v) is 8.72. The van der Waals surface area contributed by atoms with Gasteiger partial charge in [0.15, 0.2) is 0 Å². The number of anilines is 1. The molecule has 5 heteroatoms. The number of aliphatic hydroxyl groups excluding tert-OH is 1. The van der Waals surface area contributed by atoms with E-state index in [1.165, 1.54) is 5.56 Å². The summed E-state index contributed by atoms with van der Waals surface area (Å²) in [6, 6.07) is 10.4. The highest BCUT2D eigenvalue weighted by molar-refractivity contribution is 5.40. The lowest BCUT2D eigenvalue weighted by Gasteiger charge is -2.30. The van der Waals surface area contributed by atoms with Crippen LogP contribution in [0.3, 0.4) is 0 Å². The Morgan fingerprint density at radius 2 is 2.00 bits per heavy atom. The maximum Gasteiger partial charge on any atom is 0.132 e. The highest BCUT2D eigenvalue weighted by Crippen LogP contribution is 2.28. The van der Waals surface area contributed by atoms with Gasteiger partial charge < -0.3 is 14.7 Å². The molecular weight excluding hydrogens is 302 g/mol. The zero-order valence-corrected chi connectivity index (χ0v) is 13.8. The standard InChI is InChI=1S/C19H23N3O2/c23-17-5-7-22(8-6-17)19-11-16(20-13-21-19)10-14-9-15-3-1-2-4-18(15)24-12-14/h1-4,11,13-14,17,23H,5-10,12H2/t14-/m0/s1. The average molecular weight is 325 g/mol. The normalized spacial score (nSPS) is 21.2. The van der Waals surface area contributed by atoms with E-state index in [9.17, 15) is 5.11 Å². The Labute approximate surface area is 142 Å². The summed E-state index contributed by atoms with van der Waals surface area (Å²) in [5.74, 6) is 2.44. The molecule has 126 valence electrons. The number of hydrogen-bond acceptors (Lipinski definition) is 5. The topological polar surface area (TPSA) is 58.5 Å². The van der Waals surface area contributed by atoms with Gasteiger partial charge in [0, 0.05) is 30.8 Å². The van der Waals surface area contributed by atoms with Crippen molar-refractivity contribution in [2.24, 2.45) is 5.92 Å². The Morgan fingerprint density at radius 1 is 1.17 bits per heavy atom. The predicted octanol–water partition coefficient (Wildman–Crippen LogP) is 2.23. The fourth-order valence-electron chi connectivity index (χ4n) is 3.58. The molecule has 1 aromatic heterocycles. The van der Waals surface area contributed by atoms with E-state index >= 15 is 0 Å². The summed E-state index contributed by atoms with van der Waals surface area (Å²) < 4.78 is 5.89. The van der Waals surface area contributed by atoms with Gasteiger partial charge in [-0.05, 0) is 37.3 Å². The first-order valence-electron chi connectivity index (χ1n) is 8.72. The molecule has 1 aromatic carbocycles. The third-order valence-corrected chi connectivity index (χ3v) is 4.95. The number of nitrogens with zero attached hydrogens (tertiary/aromatic N) is 3. The van der Waals surface area contributed by atoms with Crippen molar-refractivity contribution in [3.8, 4) is 5.75 Å². The van der Waals surface area contributed by atoms with E-state index < -0.39 is 0 Å². The first-order chi connectivity index (χ1) is 11.8. The van der Waals surface area contributed by atoms with Crippen LogP contribution in [0.5, 0.6) is 5.75 Å². The van der Waals surface area contributed by atoms with Crippen molar-refractivity contribution in [2.45, 2.75) is 31.8 Å². The van der Waals surface area contributed by atoms with Gasteiger partial charge in [0.1, 0.15) is 17.9 Å². The van der Waals surface area contributed by atoms with Crippen molar-refractivity contribution in [1.29, 1.82) is 0 Å². The van der Waals surface area contributed by atoms with Gasteiger partial charge in [-0.3, -0.25) is 0 Å². The minimum Gasteiger partial charge on any atom is -0.493 e. The quantitative estimate of drug-likeness (QED) is 0.938. The van der Waals surface area contributed by atoms with Crippen LogP contribution in [0.1, 0.15) is 24.1 Å². The highest BCUT2D eigenvalue weighted by Gasteiger charge is 2.22. The van der Waals surface area contributed by atoms with E-state index in [0.717, 1.165) is 62.6 Å². The van der Waals surface area contributed by atoms with Crippen LogP contribution in [0.15, 0.2) is 36.7 Å². The second-order valence-corrected chi connectivity index (χ2v) is 6.78. The summed E-state index contributed by atoms with van der Waals surface area (Å²) in [4.78, 5) is 11.1. The van der Waals surface area contributed by atoms with Crippen molar-refractivity contribution in [1.82, 2.24) is 9.97 Å². The second kappa shape index (κ2) is 6.77. The number of hydrogen-bond donors (Lipinski definition) is 1. The van der Waals surface area contributed by atoms with E-state index in [1.807, 2.05) is 12.1 Å². The number of ether oxygens (including phenoxy) is 1. The Bertz CT molecular complexity index is 699. The Balaban J connectivity index is 1.43. The van der Waals surface area contributed by atoms with Crippen LogP contribution in [0.25, 0.3) is 0 Å². The van der Waals surface area contributed by atoms with Crippen LogP contribution in [0.4, 0.5) is 5.82 Å². The number of aromatic nitrogens is 2. The molecule has 1 atom stereocenters. The highest BCUT2D eigenvalue weighted by atomic mass is 16.5. The number of piperidine rings is 1. The molecule has 0 bridgehead atoms. The Morgan fingerprint density at radius 3 is 2.88 bits per heavy atom. The maximum absolute atomic E-state index is 9.65. The van der Waals surface area contributed by atoms with Crippen molar-refractivity contribution in [3.63, 3.8) is 0 Å². The fraction of sp³-hybridized carbons (Fsp3) is 0.474. The number of rotatable bonds is 3. The van der Waals surface area contributed by atoms with Crippen molar-refractivity contribution in [3.05, 3.63) is 47.9 Å². The molecular formula is C19H23N3O2. The Kier molecular flexibility index (Phi) is 4.34. The second-order valence-electron chi connectivity index (χ2n) is 6.78. The van der Waals surface area contributed by atoms with Gasteiger partial charge in [0.25, 0.3) is 0 Å². The molecule has 4 rings (SSSR count). The molecule has 0 saturated carbocycles. The molecule has 5 nitrogen and oxygen atoms in total. The SMILES string of the molecule is OC1CCN(c2cc(C[C@H]3COc4ccccc4C3)ncn2)CC1. The van der Waals surface area contributed by atoms with Crippen LogP contribution < -0.4 is 9.64 Å². The van der Waals surface area contributed by atoms with E-state index in [2.05, 4.69) is 33.1 Å². The van der Waals surface area contributed by atoms with Gasteiger partial charge in [-0.25, -0.2) is 9.97 Å². The minimum atomic E-state index is -0.165. The molecule has 1 N–H and O–H groups in total. The first kappa shape index (κ1) is 15.4. The summed E-state index contributed by atoms with van der Waals surface area (Å²) in [7, 11) is 0. The van der Waals surface area contributed by atoms with E-state index in [1.54, 1.807) is 6.33 Å². The summed E-state index contributed by atoms with van der Waals surface area (Å²) in [6.07, 6.45) is 5.06. The lowest BCUT2D eigenvalue weighted by atomic mass is 9.93.